The van der Waals surface area contributed by atoms with Gasteiger partial charge in [0.15, 0.2) is 0 Å². The van der Waals surface area contributed by atoms with Gasteiger partial charge < -0.3 is 10.6 Å². The Morgan fingerprint density at radius 2 is 1.50 bits per heavy atom. The monoisotopic (exact) mass is 549 g/mol. The zero-order valence-electron chi connectivity index (χ0n) is 21.3. The van der Waals surface area contributed by atoms with E-state index in [2.05, 4.69) is 15.4 Å². The molecule has 38 heavy (non-hydrogen) atoms. The lowest BCUT2D eigenvalue weighted by Crippen LogP contribution is -2.32. The third-order valence-corrected chi connectivity index (χ3v) is 8.81. The Morgan fingerprint density at radius 3 is 2.21 bits per heavy atom. The predicted octanol–water partition coefficient (Wildman–Crippen LogP) is 6.53. The second-order valence-electron chi connectivity index (χ2n) is 9.98. The minimum absolute atomic E-state index is 0.321. The molecule has 3 N–H and O–H groups in total. The maximum atomic E-state index is 12.6. The van der Waals surface area contributed by atoms with Crippen LogP contribution >= 0.6 is 11.6 Å². The van der Waals surface area contributed by atoms with Gasteiger partial charge in [-0.15, -0.1) is 0 Å². The van der Waals surface area contributed by atoms with E-state index in [1.165, 1.54) is 0 Å². The lowest BCUT2D eigenvalue weighted by atomic mass is 9.82. The van der Waals surface area contributed by atoms with E-state index >= 15 is 0 Å². The van der Waals surface area contributed by atoms with E-state index in [-0.39, 0.29) is 0 Å². The molecule has 1 heterocycles. The van der Waals surface area contributed by atoms with Gasteiger partial charge in [-0.3, -0.25) is 0 Å². The number of hydrogen-bond acceptors (Lipinski definition) is 6. The van der Waals surface area contributed by atoms with Gasteiger partial charge >= 0.3 is 0 Å². The summed E-state index contributed by atoms with van der Waals surface area (Å²) < 4.78 is 28.0. The van der Waals surface area contributed by atoms with Crippen molar-refractivity contribution in [2.45, 2.75) is 37.5 Å². The number of anilines is 3. The highest BCUT2D eigenvalue weighted by molar-refractivity contribution is 7.89. The van der Waals surface area contributed by atoms with Gasteiger partial charge in [-0.1, -0.05) is 41.4 Å². The molecule has 0 saturated heterocycles. The van der Waals surface area contributed by atoms with Crippen LogP contribution < -0.4 is 15.4 Å². The maximum absolute atomic E-state index is 12.6. The third-order valence-electron chi connectivity index (χ3n) is 7.12. The molecular weight excluding hydrogens is 518 g/mol. The van der Waals surface area contributed by atoms with Crippen molar-refractivity contribution < 1.29 is 8.42 Å². The Hall–Kier alpha value is -3.20. The second kappa shape index (κ2) is 11.7. The number of hydrogen-bond donors (Lipinski definition) is 3. The summed E-state index contributed by atoms with van der Waals surface area (Å²) in [4.78, 5) is 9.81. The van der Waals surface area contributed by atoms with Crippen LogP contribution in [0.3, 0.4) is 0 Å². The summed E-state index contributed by atoms with van der Waals surface area (Å²) in [5.74, 6) is 2.17. The average molecular weight is 550 g/mol. The Bertz CT molecular complexity index is 1490. The summed E-state index contributed by atoms with van der Waals surface area (Å²) in [7, 11) is -3.47. The molecule has 3 aromatic carbocycles. The van der Waals surface area contributed by atoms with Crippen LogP contribution in [-0.4, -0.2) is 31.5 Å². The molecule has 0 unspecified atom stereocenters. The lowest BCUT2D eigenvalue weighted by molar-refractivity contribution is 0.284. The summed E-state index contributed by atoms with van der Waals surface area (Å²) in [5.41, 5.74) is 2.81. The van der Waals surface area contributed by atoms with Gasteiger partial charge in [0.2, 0.25) is 16.0 Å². The number of aromatic nitrogens is 2. The van der Waals surface area contributed by atoms with Gasteiger partial charge in [0.25, 0.3) is 0 Å². The number of benzene rings is 3. The van der Waals surface area contributed by atoms with E-state index in [9.17, 15) is 8.42 Å². The first-order chi connectivity index (χ1) is 18.4. The fourth-order valence-electron chi connectivity index (χ4n) is 4.82. The molecule has 0 radical (unpaired) electrons. The highest BCUT2D eigenvalue weighted by Crippen LogP contribution is 2.30. The van der Waals surface area contributed by atoms with Crippen LogP contribution in [-0.2, 0) is 10.0 Å². The molecule has 1 aliphatic rings. The van der Waals surface area contributed by atoms with Crippen molar-refractivity contribution in [2.75, 3.05) is 23.7 Å². The molecule has 5 rings (SSSR count). The molecule has 7 nitrogen and oxygen atoms in total. The first-order valence-corrected chi connectivity index (χ1v) is 14.8. The summed E-state index contributed by atoms with van der Waals surface area (Å²) in [6, 6.07) is 22.4. The zero-order chi connectivity index (χ0) is 26.5. The summed E-state index contributed by atoms with van der Waals surface area (Å²) in [6.45, 7) is 3.20. The Kier molecular flexibility index (Phi) is 8.12. The van der Waals surface area contributed by atoms with Gasteiger partial charge in [-0.05, 0) is 93.0 Å². The predicted molar refractivity (Wildman–Crippen MR) is 155 cm³/mol. The van der Waals surface area contributed by atoms with Crippen molar-refractivity contribution in [3.63, 3.8) is 0 Å². The number of rotatable bonds is 9. The molecule has 198 valence electrons. The summed E-state index contributed by atoms with van der Waals surface area (Å²) in [5, 5.41) is 8.47. The fraction of sp³-hybridized carbons (Fsp3) is 0.310. The first-order valence-electron chi connectivity index (χ1n) is 13.0. The number of nitrogens with zero attached hydrogens (tertiary/aromatic N) is 2. The zero-order valence-corrected chi connectivity index (χ0v) is 22.9. The molecule has 0 aliphatic heterocycles. The van der Waals surface area contributed by atoms with Gasteiger partial charge in [0.05, 0.1) is 10.4 Å². The largest absolute Gasteiger partial charge is 0.354 e. The molecular formula is C29H32ClN5O2S. The third kappa shape index (κ3) is 6.62. The summed E-state index contributed by atoms with van der Waals surface area (Å²) >= 11 is 6.03. The van der Waals surface area contributed by atoms with E-state index in [1.54, 1.807) is 12.1 Å². The maximum Gasteiger partial charge on any atom is 0.240 e. The minimum Gasteiger partial charge on any atom is -0.354 e. The van der Waals surface area contributed by atoms with Crippen molar-refractivity contribution in [3.05, 3.63) is 83.4 Å². The minimum atomic E-state index is -3.47. The molecule has 0 atom stereocenters. The first kappa shape index (κ1) is 26.4. The van der Waals surface area contributed by atoms with Gasteiger partial charge in [0, 0.05) is 29.2 Å². The van der Waals surface area contributed by atoms with Crippen LogP contribution in [0.25, 0.3) is 10.9 Å². The number of para-hydroxylation sites is 1. The van der Waals surface area contributed by atoms with Gasteiger partial charge in [-0.25, -0.2) is 18.1 Å². The normalized spacial score (nSPS) is 17.8. The molecule has 1 saturated carbocycles. The molecule has 0 amide bonds. The number of halogens is 1. The Balaban J connectivity index is 1.16. The summed E-state index contributed by atoms with van der Waals surface area (Å²) in [6.07, 6.45) is 4.05. The fourth-order valence-corrected chi connectivity index (χ4v) is 6.07. The van der Waals surface area contributed by atoms with Crippen LogP contribution in [0, 0.1) is 18.8 Å². The number of sulfonamides is 1. The van der Waals surface area contributed by atoms with Crippen LogP contribution in [0.5, 0.6) is 0 Å². The highest BCUT2D eigenvalue weighted by Gasteiger charge is 2.23. The van der Waals surface area contributed by atoms with E-state index in [0.717, 1.165) is 60.2 Å². The smallest absolute Gasteiger partial charge is 0.240 e. The molecule has 1 aromatic heterocycles. The van der Waals surface area contributed by atoms with E-state index in [0.29, 0.717) is 34.2 Å². The van der Waals surface area contributed by atoms with E-state index in [4.69, 9.17) is 21.6 Å². The van der Waals surface area contributed by atoms with Gasteiger partial charge in [0.1, 0.15) is 5.82 Å². The van der Waals surface area contributed by atoms with Gasteiger partial charge in [-0.2, -0.15) is 4.98 Å². The lowest BCUT2D eigenvalue weighted by Gasteiger charge is -2.28. The van der Waals surface area contributed by atoms with Crippen molar-refractivity contribution in [1.82, 2.24) is 14.7 Å². The van der Waals surface area contributed by atoms with Crippen molar-refractivity contribution in [1.29, 1.82) is 0 Å². The number of aryl methyl sites for hydroxylation is 1. The van der Waals surface area contributed by atoms with Crippen LogP contribution in [0.2, 0.25) is 5.02 Å². The molecule has 9 heteroatoms. The standard InChI is InChI=1S/C29H32ClN5O2S/c1-20-6-16-25(17-7-20)38(36,37)32-19-22-10-8-21(9-11-22)18-31-29-34-27-5-3-2-4-26(27)28(35-29)33-24-14-12-23(30)13-15-24/h2-7,12-17,21-22,32H,8-11,18-19H2,1H3,(H2,31,33,34,35). The van der Waals surface area contributed by atoms with Crippen LogP contribution in [0.1, 0.15) is 31.2 Å². The SMILES string of the molecule is Cc1ccc(S(=O)(=O)NCC2CCC(CNc3nc(Nc4ccc(Cl)cc4)c4ccccc4n3)CC2)cc1. The molecule has 1 fully saturated rings. The topological polar surface area (TPSA) is 96.0 Å². The number of nitrogens with one attached hydrogen (secondary N) is 3. The van der Waals surface area contributed by atoms with Crippen molar-refractivity contribution in [3.8, 4) is 0 Å². The average Bonchev–Trinajstić information content (AvgIpc) is 2.93. The molecule has 4 aromatic rings. The second-order valence-corrected chi connectivity index (χ2v) is 12.2. The van der Waals surface area contributed by atoms with Crippen LogP contribution in [0.4, 0.5) is 17.5 Å². The van der Waals surface area contributed by atoms with E-state index < -0.39 is 10.0 Å². The van der Waals surface area contributed by atoms with Crippen molar-refractivity contribution in [2.24, 2.45) is 11.8 Å². The highest BCUT2D eigenvalue weighted by atomic mass is 35.5. The van der Waals surface area contributed by atoms with E-state index in [1.807, 2.05) is 67.6 Å². The van der Waals surface area contributed by atoms with Crippen LogP contribution in [0.15, 0.2) is 77.7 Å². The molecule has 0 bridgehead atoms. The Morgan fingerprint density at radius 1 is 0.842 bits per heavy atom. The molecule has 1 aliphatic carbocycles. The Labute approximate surface area is 229 Å². The van der Waals surface area contributed by atoms with Crippen molar-refractivity contribution >= 4 is 50.0 Å². The number of fused-ring (bicyclic) bond motifs is 1. The quantitative estimate of drug-likeness (QED) is 0.219. The molecule has 0 spiro atoms.